The van der Waals surface area contributed by atoms with Crippen LogP contribution in [0.2, 0.25) is 0 Å². The zero-order valence-electron chi connectivity index (χ0n) is 25.2. The van der Waals surface area contributed by atoms with Crippen molar-refractivity contribution in [3.8, 4) is 0 Å². The number of fused-ring (bicyclic) bond motifs is 1. The van der Waals surface area contributed by atoms with E-state index in [4.69, 9.17) is 5.73 Å². The van der Waals surface area contributed by atoms with Crippen molar-refractivity contribution in [1.29, 1.82) is 0 Å². The molecule has 2 aliphatic rings. The molecule has 4 heteroatoms. The average molecular weight is 519 g/mol. The van der Waals surface area contributed by atoms with Gasteiger partial charge in [-0.2, -0.15) is 0 Å². The van der Waals surface area contributed by atoms with Crippen molar-refractivity contribution in [2.45, 2.75) is 53.9 Å². The number of hydrogen-bond donors (Lipinski definition) is 1. The van der Waals surface area contributed by atoms with Crippen LogP contribution in [-0.4, -0.2) is 67.1 Å². The van der Waals surface area contributed by atoms with E-state index in [1.165, 1.54) is 61.7 Å². The minimum atomic E-state index is 0.266. The molecule has 0 spiro atoms. The Morgan fingerprint density at radius 1 is 1.03 bits per heavy atom. The fourth-order valence-electron chi connectivity index (χ4n) is 5.02. The van der Waals surface area contributed by atoms with Crippen LogP contribution in [0.4, 0.5) is 0 Å². The maximum Gasteiger partial charge on any atom is 0.0303 e. The predicted octanol–water partition coefficient (Wildman–Crippen LogP) is 7.22. The summed E-state index contributed by atoms with van der Waals surface area (Å²) < 4.78 is 0. The van der Waals surface area contributed by atoms with Crippen molar-refractivity contribution in [3.05, 3.63) is 102 Å². The van der Waals surface area contributed by atoms with Gasteiger partial charge in [-0.1, -0.05) is 90.4 Å². The minimum Gasteiger partial charge on any atom is -0.404 e. The van der Waals surface area contributed by atoms with E-state index in [1.54, 1.807) is 6.20 Å². The molecule has 1 fully saturated rings. The number of nitrogens with zero attached hydrogens (tertiary/aromatic N) is 3. The number of allylic oxidation sites excluding steroid dienone is 7. The summed E-state index contributed by atoms with van der Waals surface area (Å²) in [7, 11) is 0. The quantitative estimate of drug-likeness (QED) is 0.350. The third-order valence-electron chi connectivity index (χ3n) is 7.57. The van der Waals surface area contributed by atoms with Crippen LogP contribution in [0.1, 0.15) is 65.0 Å². The monoisotopic (exact) mass is 518 g/mol. The lowest BCUT2D eigenvalue weighted by Crippen LogP contribution is -2.47. The minimum absolute atomic E-state index is 0.266. The second-order valence-corrected chi connectivity index (χ2v) is 9.65. The highest BCUT2D eigenvalue weighted by Gasteiger charge is 2.27. The number of hydrogen-bond acceptors (Lipinski definition) is 4. The first-order valence-electron chi connectivity index (χ1n) is 14.3. The maximum absolute atomic E-state index is 5.78. The number of likely N-dealkylation sites (N-methyl/N-ethyl adjacent to an activating group) is 1. The zero-order chi connectivity index (χ0) is 28.7. The molecular weight excluding hydrogens is 464 g/mol. The molecule has 1 aliphatic heterocycles. The van der Waals surface area contributed by atoms with E-state index in [-0.39, 0.29) is 5.92 Å². The highest BCUT2D eigenvalue weighted by molar-refractivity contribution is 5.82. The molecule has 3 rings (SSSR count). The first kappa shape index (κ1) is 33.2. The van der Waals surface area contributed by atoms with Gasteiger partial charge in [0, 0.05) is 50.9 Å². The van der Waals surface area contributed by atoms with Gasteiger partial charge >= 0.3 is 0 Å². The molecule has 1 aromatic rings. The Balaban J connectivity index is 0.000000365. The summed E-state index contributed by atoms with van der Waals surface area (Å²) in [6.45, 7) is 38.1. The fourth-order valence-corrected chi connectivity index (χ4v) is 5.02. The van der Waals surface area contributed by atoms with Gasteiger partial charge in [0.25, 0.3) is 0 Å². The van der Waals surface area contributed by atoms with Gasteiger partial charge in [-0.3, -0.25) is 4.90 Å². The third kappa shape index (κ3) is 9.18. The summed E-state index contributed by atoms with van der Waals surface area (Å²) in [6, 6.07) is 8.38. The van der Waals surface area contributed by atoms with Crippen molar-refractivity contribution < 1.29 is 0 Å². The second-order valence-electron chi connectivity index (χ2n) is 9.65. The van der Waals surface area contributed by atoms with Gasteiger partial charge in [-0.05, 0) is 73.0 Å². The number of rotatable bonds is 9. The number of benzene rings is 1. The van der Waals surface area contributed by atoms with Crippen LogP contribution in [0.5, 0.6) is 0 Å². The van der Waals surface area contributed by atoms with Gasteiger partial charge in [-0.15, -0.1) is 0 Å². The molecule has 1 aliphatic carbocycles. The molecule has 1 aromatic carbocycles. The van der Waals surface area contributed by atoms with Crippen molar-refractivity contribution in [2.24, 2.45) is 5.73 Å². The SMILES string of the molecule is C=C(C)N1CCN(CCN(CC)CC)CC1.C=C/C(C)=C(\C=C)C1C/C(=C/N)C(=C)c2ccccc21.CC. The van der Waals surface area contributed by atoms with E-state index in [9.17, 15) is 0 Å². The van der Waals surface area contributed by atoms with E-state index < -0.39 is 0 Å². The van der Waals surface area contributed by atoms with Crippen LogP contribution < -0.4 is 5.73 Å². The standard InChI is InChI=1S/C19H21N.C13H27N3.C2H6/c1-5-13(3)16(6-2)19-11-15(12-20)14(4)17-9-7-8-10-18(17)19;1-5-14(6-2)7-8-15-9-11-16(12-10-15)13(3)4;1-2/h5-10,12,19H,1-2,4,11,20H2,3H3;3,5-12H2,1-2,4H3;1-2H3/b15-12-,16-13+;;. The fraction of sp³-hybridized carbons (Fsp3) is 0.471. The van der Waals surface area contributed by atoms with Crippen molar-refractivity contribution in [2.75, 3.05) is 52.4 Å². The molecule has 0 aromatic heterocycles. The Bertz CT molecular complexity index is 972. The van der Waals surface area contributed by atoms with Gasteiger partial charge in [0.05, 0.1) is 0 Å². The number of nitrogens with two attached hydrogens (primary N) is 1. The molecule has 1 heterocycles. The maximum atomic E-state index is 5.78. The summed E-state index contributed by atoms with van der Waals surface area (Å²) in [5.41, 5.74) is 14.0. The summed E-state index contributed by atoms with van der Waals surface area (Å²) >= 11 is 0. The van der Waals surface area contributed by atoms with Gasteiger partial charge in [-0.25, -0.2) is 0 Å². The van der Waals surface area contributed by atoms with Crippen molar-refractivity contribution in [3.63, 3.8) is 0 Å². The van der Waals surface area contributed by atoms with Crippen LogP contribution in [-0.2, 0) is 0 Å². The van der Waals surface area contributed by atoms with Crippen molar-refractivity contribution in [1.82, 2.24) is 14.7 Å². The molecule has 0 radical (unpaired) electrons. The summed E-state index contributed by atoms with van der Waals surface area (Å²) in [4.78, 5) is 7.44. The van der Waals surface area contributed by atoms with Gasteiger partial charge in [0.2, 0.25) is 0 Å². The normalized spacial score (nSPS) is 18.9. The topological polar surface area (TPSA) is 35.7 Å². The Hall–Kier alpha value is -2.82. The Morgan fingerprint density at radius 3 is 2.13 bits per heavy atom. The molecule has 1 atom stereocenters. The van der Waals surface area contributed by atoms with Crippen LogP contribution in [0.25, 0.3) is 5.57 Å². The molecular formula is C34H54N4. The Morgan fingerprint density at radius 2 is 1.63 bits per heavy atom. The molecule has 210 valence electrons. The molecule has 0 saturated carbocycles. The summed E-state index contributed by atoms with van der Waals surface area (Å²) in [5.74, 6) is 0.266. The third-order valence-corrected chi connectivity index (χ3v) is 7.57. The highest BCUT2D eigenvalue weighted by Crippen LogP contribution is 2.44. The smallest absolute Gasteiger partial charge is 0.0303 e. The van der Waals surface area contributed by atoms with E-state index in [1.807, 2.05) is 32.1 Å². The molecule has 0 amide bonds. The van der Waals surface area contributed by atoms with Gasteiger partial charge in [0.1, 0.15) is 0 Å². The molecule has 4 nitrogen and oxygen atoms in total. The molecule has 0 bridgehead atoms. The first-order chi connectivity index (χ1) is 18.3. The summed E-state index contributed by atoms with van der Waals surface area (Å²) in [6.07, 6.45) is 6.35. The van der Waals surface area contributed by atoms with Crippen LogP contribution in [0.3, 0.4) is 0 Å². The lowest BCUT2D eigenvalue weighted by atomic mass is 9.73. The van der Waals surface area contributed by atoms with Crippen molar-refractivity contribution >= 4 is 5.57 Å². The molecule has 38 heavy (non-hydrogen) atoms. The van der Waals surface area contributed by atoms with Crippen LogP contribution >= 0.6 is 0 Å². The second kappa shape index (κ2) is 17.6. The Kier molecular flexibility index (Phi) is 15.4. The first-order valence-corrected chi connectivity index (χ1v) is 14.3. The van der Waals surface area contributed by atoms with Crippen LogP contribution in [0, 0.1) is 0 Å². The van der Waals surface area contributed by atoms with E-state index >= 15 is 0 Å². The largest absolute Gasteiger partial charge is 0.404 e. The predicted molar refractivity (Wildman–Crippen MR) is 170 cm³/mol. The molecule has 2 N–H and O–H groups in total. The lowest BCUT2D eigenvalue weighted by Gasteiger charge is -2.37. The Labute approximate surface area is 234 Å². The van der Waals surface area contributed by atoms with E-state index in [2.05, 4.69) is 86.9 Å². The molecule has 1 saturated heterocycles. The van der Waals surface area contributed by atoms with Crippen LogP contribution in [0.15, 0.2) is 91.3 Å². The highest BCUT2D eigenvalue weighted by atomic mass is 15.3. The summed E-state index contributed by atoms with van der Waals surface area (Å²) in [5, 5.41) is 0. The molecule has 1 unspecified atom stereocenters. The average Bonchev–Trinajstić information content (AvgIpc) is 2.96. The zero-order valence-corrected chi connectivity index (χ0v) is 25.2. The van der Waals surface area contributed by atoms with E-state index in [0.717, 1.165) is 36.2 Å². The van der Waals surface area contributed by atoms with Gasteiger partial charge < -0.3 is 15.5 Å². The number of piperazine rings is 1. The lowest BCUT2D eigenvalue weighted by molar-refractivity contribution is 0.142. The van der Waals surface area contributed by atoms with E-state index in [0.29, 0.717) is 0 Å². The van der Waals surface area contributed by atoms with Gasteiger partial charge in [0.15, 0.2) is 0 Å².